The molecule has 0 aliphatic carbocycles. The van der Waals surface area contributed by atoms with Crippen molar-refractivity contribution in [3.05, 3.63) is 58.6 Å². The molecule has 0 radical (unpaired) electrons. The van der Waals surface area contributed by atoms with E-state index in [-0.39, 0.29) is 38.7 Å². The zero-order valence-corrected chi connectivity index (χ0v) is 18.4. The number of amides is 1. The average Bonchev–Trinajstić information content (AvgIpc) is 2.77. The van der Waals surface area contributed by atoms with E-state index in [2.05, 4.69) is 0 Å². The number of halogens is 4. The topological polar surface area (TPSA) is 66.9 Å². The lowest BCUT2D eigenvalue weighted by Gasteiger charge is -2.37. The van der Waals surface area contributed by atoms with Crippen molar-refractivity contribution in [1.29, 1.82) is 0 Å². The molecule has 1 saturated heterocycles. The molecule has 0 N–H and O–H groups in total. The third-order valence-electron chi connectivity index (χ3n) is 5.64. The molecule has 0 saturated carbocycles. The molecule has 2 aromatic rings. The number of nitrogens with zero attached hydrogens (tertiary/aromatic N) is 2. The molecule has 0 bridgehead atoms. The van der Waals surface area contributed by atoms with Gasteiger partial charge < -0.3 is 9.64 Å². The lowest BCUT2D eigenvalue weighted by Crippen LogP contribution is -2.53. The van der Waals surface area contributed by atoms with Crippen LogP contribution in [0, 0.1) is 5.92 Å². The van der Waals surface area contributed by atoms with Gasteiger partial charge in [0, 0.05) is 31.2 Å². The van der Waals surface area contributed by atoms with E-state index < -0.39 is 32.6 Å². The van der Waals surface area contributed by atoms with Gasteiger partial charge in [0.05, 0.1) is 16.4 Å². The molecule has 0 unspecified atom stereocenters. The van der Waals surface area contributed by atoms with E-state index >= 15 is 0 Å². The first-order valence-corrected chi connectivity index (χ1v) is 11.8. The van der Waals surface area contributed by atoms with Gasteiger partial charge in [0.25, 0.3) is 0 Å². The van der Waals surface area contributed by atoms with E-state index in [1.54, 1.807) is 18.2 Å². The van der Waals surface area contributed by atoms with Crippen molar-refractivity contribution in [2.45, 2.75) is 17.5 Å². The first-order chi connectivity index (χ1) is 15.1. The largest absolute Gasteiger partial charge is 0.492 e. The molecule has 1 atom stereocenters. The summed E-state index contributed by atoms with van der Waals surface area (Å²) in [6.45, 7) is 0.202. The number of rotatable bonds is 3. The summed E-state index contributed by atoms with van der Waals surface area (Å²) in [7, 11) is -4.36. The predicted octanol–water partition coefficient (Wildman–Crippen LogP) is 3.44. The highest BCUT2D eigenvalue weighted by Crippen LogP contribution is 2.35. The van der Waals surface area contributed by atoms with Crippen LogP contribution in [0.25, 0.3) is 0 Å². The molecular weight excluding hydrogens is 469 g/mol. The normalized spacial score (nSPS) is 19.9. The Balaban J connectivity index is 1.44. The van der Waals surface area contributed by atoms with Gasteiger partial charge in [-0.15, -0.1) is 0 Å². The first-order valence-electron chi connectivity index (χ1n) is 9.94. The zero-order valence-electron chi connectivity index (χ0n) is 16.8. The van der Waals surface area contributed by atoms with Gasteiger partial charge in [-0.3, -0.25) is 4.79 Å². The number of piperazine rings is 1. The molecule has 6 nitrogen and oxygen atoms in total. The number of fused-ring (bicyclic) bond motifs is 1. The minimum atomic E-state index is -4.79. The van der Waals surface area contributed by atoms with E-state index in [9.17, 15) is 26.4 Å². The second-order valence-electron chi connectivity index (χ2n) is 7.69. The molecule has 172 valence electrons. The fourth-order valence-electron chi connectivity index (χ4n) is 3.99. The Morgan fingerprint density at radius 2 is 1.75 bits per heavy atom. The summed E-state index contributed by atoms with van der Waals surface area (Å²) < 4.78 is 72.3. The SMILES string of the molecule is O=C([C@@H]1COc2ccc(Cl)cc2C1)N1CCN(S(=O)(=O)c2ccccc2C(F)(F)F)CC1. The summed E-state index contributed by atoms with van der Waals surface area (Å²) in [6.07, 6.45) is -4.34. The standard InChI is InChI=1S/C21H20ClF3N2O4S/c22-16-5-6-18-14(12-16)11-15(13-31-18)20(28)26-7-9-27(10-8-26)32(29,30)19-4-2-1-3-17(19)21(23,24)25/h1-6,12,15H,7-11,13H2/t15-/m0/s1. The Kier molecular flexibility index (Phi) is 6.12. The molecule has 32 heavy (non-hydrogen) atoms. The van der Waals surface area contributed by atoms with Crippen LogP contribution in [-0.4, -0.2) is 56.3 Å². The number of carbonyl (C=O) groups is 1. The van der Waals surface area contributed by atoms with Crippen molar-refractivity contribution in [3.63, 3.8) is 0 Å². The zero-order chi connectivity index (χ0) is 23.1. The summed E-state index contributed by atoms with van der Waals surface area (Å²) in [4.78, 5) is 13.7. The molecule has 1 amide bonds. The maximum atomic E-state index is 13.3. The monoisotopic (exact) mass is 488 g/mol. The van der Waals surface area contributed by atoms with Crippen LogP contribution < -0.4 is 4.74 Å². The highest BCUT2D eigenvalue weighted by atomic mass is 35.5. The number of ether oxygens (including phenoxy) is 1. The minimum Gasteiger partial charge on any atom is -0.492 e. The van der Waals surface area contributed by atoms with Gasteiger partial charge in [-0.05, 0) is 42.3 Å². The number of alkyl halides is 3. The maximum absolute atomic E-state index is 13.3. The van der Waals surface area contributed by atoms with Gasteiger partial charge in [0.1, 0.15) is 12.4 Å². The van der Waals surface area contributed by atoms with Crippen molar-refractivity contribution in [2.75, 3.05) is 32.8 Å². The highest BCUT2D eigenvalue weighted by Gasteiger charge is 2.40. The fourth-order valence-corrected chi connectivity index (χ4v) is 5.82. The molecule has 0 spiro atoms. The van der Waals surface area contributed by atoms with Crippen molar-refractivity contribution in [1.82, 2.24) is 9.21 Å². The van der Waals surface area contributed by atoms with Crippen molar-refractivity contribution in [3.8, 4) is 5.75 Å². The van der Waals surface area contributed by atoms with E-state index in [4.69, 9.17) is 16.3 Å². The van der Waals surface area contributed by atoms with Gasteiger partial charge >= 0.3 is 6.18 Å². The Morgan fingerprint density at radius 3 is 2.44 bits per heavy atom. The Labute approximate surface area is 188 Å². The Morgan fingerprint density at radius 1 is 1.06 bits per heavy atom. The van der Waals surface area contributed by atoms with Gasteiger partial charge in [0.15, 0.2) is 0 Å². The van der Waals surface area contributed by atoms with E-state index in [0.717, 1.165) is 28.1 Å². The third kappa shape index (κ3) is 4.44. The summed E-state index contributed by atoms with van der Waals surface area (Å²) in [5.74, 6) is 0.0659. The average molecular weight is 489 g/mol. The van der Waals surface area contributed by atoms with E-state index in [1.165, 1.54) is 11.0 Å². The second-order valence-corrected chi connectivity index (χ2v) is 10.0. The smallest absolute Gasteiger partial charge is 0.417 e. The van der Waals surface area contributed by atoms with Crippen LogP contribution in [-0.2, 0) is 27.4 Å². The lowest BCUT2D eigenvalue weighted by molar-refractivity contribution is -0.140. The quantitative estimate of drug-likeness (QED) is 0.664. The lowest BCUT2D eigenvalue weighted by atomic mass is 9.95. The van der Waals surface area contributed by atoms with Crippen LogP contribution in [0.4, 0.5) is 13.2 Å². The van der Waals surface area contributed by atoms with Crippen LogP contribution in [0.5, 0.6) is 5.75 Å². The first kappa shape index (κ1) is 22.9. The van der Waals surface area contributed by atoms with Crippen molar-refractivity contribution >= 4 is 27.5 Å². The van der Waals surface area contributed by atoms with Crippen LogP contribution >= 0.6 is 11.6 Å². The maximum Gasteiger partial charge on any atom is 0.417 e. The number of hydrogen-bond donors (Lipinski definition) is 0. The number of benzene rings is 2. The van der Waals surface area contributed by atoms with Crippen molar-refractivity contribution < 1.29 is 31.1 Å². The molecule has 2 heterocycles. The van der Waals surface area contributed by atoms with Gasteiger partial charge in [-0.2, -0.15) is 17.5 Å². The molecule has 4 rings (SSSR count). The number of hydrogen-bond acceptors (Lipinski definition) is 4. The van der Waals surface area contributed by atoms with E-state index in [1.807, 2.05) is 0 Å². The summed E-state index contributed by atoms with van der Waals surface area (Å²) in [5.41, 5.74) is -0.373. The van der Waals surface area contributed by atoms with Crippen molar-refractivity contribution in [2.24, 2.45) is 5.92 Å². The van der Waals surface area contributed by atoms with E-state index in [0.29, 0.717) is 17.2 Å². The Hall–Kier alpha value is -2.30. The molecule has 2 aliphatic rings. The summed E-state index contributed by atoms with van der Waals surface area (Å²) in [6, 6.07) is 9.32. The molecule has 2 aliphatic heterocycles. The molecular formula is C21H20ClF3N2O4S. The highest BCUT2D eigenvalue weighted by molar-refractivity contribution is 7.89. The second kappa shape index (κ2) is 8.57. The Bertz CT molecular complexity index is 1130. The third-order valence-corrected chi connectivity index (χ3v) is 7.83. The number of carbonyl (C=O) groups excluding carboxylic acids is 1. The minimum absolute atomic E-state index is 0.0870. The van der Waals surface area contributed by atoms with Gasteiger partial charge in [-0.1, -0.05) is 23.7 Å². The van der Waals surface area contributed by atoms with Crippen LogP contribution in [0.3, 0.4) is 0 Å². The fraction of sp³-hybridized carbons (Fsp3) is 0.381. The number of sulfonamides is 1. The van der Waals surface area contributed by atoms with Crippen LogP contribution in [0.15, 0.2) is 47.4 Å². The predicted molar refractivity (Wildman–Crippen MR) is 111 cm³/mol. The van der Waals surface area contributed by atoms with Crippen LogP contribution in [0.2, 0.25) is 5.02 Å². The van der Waals surface area contributed by atoms with Crippen LogP contribution in [0.1, 0.15) is 11.1 Å². The summed E-state index contributed by atoms with van der Waals surface area (Å²) in [5, 5.41) is 0.540. The molecule has 1 fully saturated rings. The molecule has 0 aromatic heterocycles. The van der Waals surface area contributed by atoms with Gasteiger partial charge in [0.2, 0.25) is 15.9 Å². The van der Waals surface area contributed by atoms with Gasteiger partial charge in [-0.25, -0.2) is 8.42 Å². The molecule has 2 aromatic carbocycles. The summed E-state index contributed by atoms with van der Waals surface area (Å²) >= 11 is 6.02. The molecule has 11 heteroatoms.